The van der Waals surface area contributed by atoms with Crippen LogP contribution in [0.15, 0.2) is 69.7 Å². The average Bonchev–Trinajstić information content (AvgIpc) is 3.17. The van der Waals surface area contributed by atoms with Gasteiger partial charge in [0.25, 0.3) is 10.0 Å². The van der Waals surface area contributed by atoms with Crippen LogP contribution in [0.5, 0.6) is 0 Å². The zero-order chi connectivity index (χ0) is 20.0. The van der Waals surface area contributed by atoms with Gasteiger partial charge >= 0.3 is 11.0 Å². The predicted octanol–water partition coefficient (Wildman–Crippen LogP) is 3.34. The van der Waals surface area contributed by atoms with E-state index < -0.39 is 15.9 Å². The van der Waals surface area contributed by atoms with Crippen molar-refractivity contribution < 1.29 is 13.2 Å². The van der Waals surface area contributed by atoms with Crippen molar-refractivity contribution in [3.05, 3.63) is 65.2 Å². The molecule has 1 aromatic heterocycles. The summed E-state index contributed by atoms with van der Waals surface area (Å²) in [4.78, 5) is 15.7. The smallest absolute Gasteiger partial charge is 0.280 e. The third-order valence-corrected chi connectivity index (χ3v) is 5.81. The molecule has 0 fully saturated rings. The SMILES string of the molecule is CCc1nnc(N=[N+]=NC(=O)c2ccc(NS(=O)(=O)c3ccccc3)cc2)s1. The number of sulfonamides is 1. The summed E-state index contributed by atoms with van der Waals surface area (Å²) < 4.78 is 27.0. The molecular formula is C17H15N6O3S2+. The second-order valence-electron chi connectivity index (χ2n) is 5.42. The Labute approximate surface area is 165 Å². The van der Waals surface area contributed by atoms with Gasteiger partial charge in [-0.1, -0.05) is 36.5 Å². The van der Waals surface area contributed by atoms with Gasteiger partial charge in [0, 0.05) is 11.3 Å². The fourth-order valence-electron chi connectivity index (χ4n) is 2.08. The van der Waals surface area contributed by atoms with Crippen molar-refractivity contribution >= 4 is 38.1 Å². The maximum Gasteiger partial charge on any atom is 0.360 e. The summed E-state index contributed by atoms with van der Waals surface area (Å²) in [6, 6.07) is 13.8. The van der Waals surface area contributed by atoms with Crippen molar-refractivity contribution in [1.29, 1.82) is 0 Å². The second kappa shape index (κ2) is 8.61. The highest BCUT2D eigenvalue weighted by Gasteiger charge is 2.15. The highest BCUT2D eigenvalue weighted by atomic mass is 32.2. The fraction of sp³-hybridized carbons (Fsp3) is 0.118. The molecule has 0 radical (unpaired) electrons. The van der Waals surface area contributed by atoms with Crippen LogP contribution in [0.1, 0.15) is 22.3 Å². The minimum atomic E-state index is -3.70. The molecule has 1 N–H and O–H groups in total. The van der Waals surface area contributed by atoms with E-state index in [0.717, 1.165) is 11.4 Å². The van der Waals surface area contributed by atoms with Gasteiger partial charge in [-0.25, -0.2) is 8.42 Å². The molecule has 1 amide bonds. The summed E-state index contributed by atoms with van der Waals surface area (Å²) >= 11 is 1.27. The Morgan fingerprint density at radius 2 is 1.82 bits per heavy atom. The Morgan fingerprint density at radius 1 is 1.11 bits per heavy atom. The number of carbonyl (C=O) groups is 1. The van der Waals surface area contributed by atoms with E-state index in [1.54, 1.807) is 18.2 Å². The summed E-state index contributed by atoms with van der Waals surface area (Å²) in [6.45, 7) is 1.94. The van der Waals surface area contributed by atoms with E-state index in [9.17, 15) is 13.2 Å². The number of nitrogens with zero attached hydrogens (tertiary/aromatic N) is 5. The van der Waals surface area contributed by atoms with E-state index in [-0.39, 0.29) is 10.5 Å². The fourth-order valence-corrected chi connectivity index (χ4v) is 3.76. The molecule has 11 heteroatoms. The lowest BCUT2D eigenvalue weighted by Gasteiger charge is -2.07. The van der Waals surface area contributed by atoms with Gasteiger partial charge in [0.05, 0.1) is 4.90 Å². The maximum absolute atomic E-state index is 12.3. The van der Waals surface area contributed by atoms with E-state index in [1.165, 1.54) is 47.7 Å². The molecule has 0 unspecified atom stereocenters. The molecule has 1 heterocycles. The Hall–Kier alpha value is -3.27. The number of rotatable bonds is 6. The van der Waals surface area contributed by atoms with E-state index in [4.69, 9.17) is 0 Å². The van der Waals surface area contributed by atoms with E-state index in [0.29, 0.717) is 10.8 Å². The van der Waals surface area contributed by atoms with Gasteiger partial charge in [-0.15, -0.1) is 10.2 Å². The van der Waals surface area contributed by atoms with Crippen LogP contribution in [0.3, 0.4) is 0 Å². The number of carbonyl (C=O) groups excluding carboxylic acids is 1. The molecule has 0 saturated carbocycles. The van der Waals surface area contributed by atoms with Gasteiger partial charge in [0.2, 0.25) is 10.0 Å². The Kier molecular flexibility index (Phi) is 5.99. The Balaban J connectivity index is 1.68. The predicted molar refractivity (Wildman–Crippen MR) is 104 cm³/mol. The van der Waals surface area contributed by atoms with Crippen molar-refractivity contribution in [3.63, 3.8) is 0 Å². The zero-order valence-corrected chi connectivity index (χ0v) is 16.3. The lowest BCUT2D eigenvalue weighted by atomic mass is 10.2. The van der Waals surface area contributed by atoms with E-state index >= 15 is 0 Å². The topological polar surface area (TPSA) is 128 Å². The van der Waals surface area contributed by atoms with Crippen LogP contribution in [-0.4, -0.2) is 24.5 Å². The van der Waals surface area contributed by atoms with Gasteiger partial charge in [-0.05, 0) is 42.8 Å². The number of nitrogens with one attached hydrogen (secondary N) is 1. The van der Waals surface area contributed by atoms with Crippen molar-refractivity contribution in [2.45, 2.75) is 18.2 Å². The number of anilines is 1. The van der Waals surface area contributed by atoms with Gasteiger partial charge < -0.3 is 0 Å². The molecule has 3 rings (SSSR count). The first-order valence-corrected chi connectivity index (χ1v) is 10.4. The summed E-state index contributed by atoms with van der Waals surface area (Å²) in [5.74, 6) is -0.610. The molecule has 0 aliphatic carbocycles. The highest BCUT2D eigenvalue weighted by Crippen LogP contribution is 2.18. The summed E-state index contributed by atoms with van der Waals surface area (Å²) in [5, 5.41) is 16.0. The molecule has 0 saturated heterocycles. The monoisotopic (exact) mass is 415 g/mol. The first-order valence-electron chi connectivity index (χ1n) is 8.14. The van der Waals surface area contributed by atoms with Crippen molar-refractivity contribution in [2.24, 2.45) is 10.2 Å². The quantitative estimate of drug-likeness (QED) is 0.488. The Bertz CT molecular complexity index is 1140. The lowest BCUT2D eigenvalue weighted by Crippen LogP contribution is -2.12. The molecule has 0 spiro atoms. The number of amides is 1. The Morgan fingerprint density at radius 3 is 2.46 bits per heavy atom. The van der Waals surface area contributed by atoms with E-state index in [2.05, 4.69) is 30.1 Å². The lowest BCUT2D eigenvalue weighted by molar-refractivity contribution is 0.0992. The number of hydrogen-bond acceptors (Lipinski definition) is 7. The van der Waals surface area contributed by atoms with Crippen LogP contribution in [0.4, 0.5) is 10.8 Å². The van der Waals surface area contributed by atoms with Gasteiger partial charge in [-0.3, -0.25) is 9.52 Å². The number of aryl methyl sites for hydroxylation is 1. The standard InChI is InChI=1S/C17H14N6O3S2/c1-2-15-18-20-17(27-15)21-23-19-16(24)12-8-10-13(11-9-12)22-28(25,26)14-6-4-3-5-7-14/h3-11H,2H2,1H3/p+1. The minimum absolute atomic E-state index is 0.147. The van der Waals surface area contributed by atoms with Crippen LogP contribution < -0.4 is 9.63 Å². The van der Waals surface area contributed by atoms with Gasteiger partial charge in [-0.2, -0.15) is 0 Å². The number of aromatic nitrogens is 2. The van der Waals surface area contributed by atoms with Crippen LogP contribution in [0.25, 0.3) is 0 Å². The van der Waals surface area contributed by atoms with E-state index in [1.807, 2.05) is 6.92 Å². The largest absolute Gasteiger partial charge is 0.360 e. The summed E-state index contributed by atoms with van der Waals surface area (Å²) in [6.07, 6.45) is 0.740. The first-order chi connectivity index (χ1) is 13.5. The average molecular weight is 415 g/mol. The molecule has 2 aromatic carbocycles. The molecule has 0 aliphatic rings. The number of hydrogen-bond donors (Lipinski definition) is 1. The minimum Gasteiger partial charge on any atom is -0.280 e. The first kappa shape index (κ1) is 19.5. The number of benzene rings is 2. The summed E-state index contributed by atoms with van der Waals surface area (Å²) in [5.41, 5.74) is 0.566. The molecule has 28 heavy (non-hydrogen) atoms. The van der Waals surface area contributed by atoms with Crippen LogP contribution in [0, 0.1) is 0 Å². The van der Waals surface area contributed by atoms with Crippen LogP contribution in [0.2, 0.25) is 0 Å². The molecular weight excluding hydrogens is 400 g/mol. The van der Waals surface area contributed by atoms with Crippen molar-refractivity contribution in [2.75, 3.05) is 4.72 Å². The second-order valence-corrected chi connectivity index (χ2v) is 8.15. The third kappa shape index (κ3) is 4.92. The van der Waals surface area contributed by atoms with Crippen molar-refractivity contribution in [1.82, 2.24) is 15.1 Å². The van der Waals surface area contributed by atoms with Crippen LogP contribution >= 0.6 is 11.3 Å². The highest BCUT2D eigenvalue weighted by molar-refractivity contribution is 7.92. The van der Waals surface area contributed by atoms with Crippen LogP contribution in [-0.2, 0) is 16.4 Å². The van der Waals surface area contributed by atoms with Gasteiger partial charge in [0.1, 0.15) is 5.01 Å². The summed E-state index contributed by atoms with van der Waals surface area (Å²) in [7, 11) is -3.70. The molecule has 142 valence electrons. The van der Waals surface area contributed by atoms with Gasteiger partial charge in [0.15, 0.2) is 5.11 Å². The zero-order valence-electron chi connectivity index (χ0n) is 14.7. The molecule has 9 nitrogen and oxygen atoms in total. The van der Waals surface area contributed by atoms with Crippen molar-refractivity contribution in [3.8, 4) is 0 Å². The molecule has 3 aromatic rings. The molecule has 0 aliphatic heterocycles. The third-order valence-electron chi connectivity index (χ3n) is 3.46. The normalized spacial score (nSPS) is 10.8. The maximum atomic E-state index is 12.3. The molecule has 0 atom stereocenters. The molecule has 0 bridgehead atoms.